The summed E-state index contributed by atoms with van der Waals surface area (Å²) in [6.07, 6.45) is 2.29. The van der Waals surface area contributed by atoms with E-state index in [1.807, 2.05) is 6.07 Å². The first-order chi connectivity index (χ1) is 5.86. The zero-order valence-electron chi connectivity index (χ0n) is 6.73. The summed E-state index contributed by atoms with van der Waals surface area (Å²) in [5.74, 6) is 0.455. The average Bonchev–Trinajstić information content (AvgIpc) is 2.58. The first-order valence-corrected chi connectivity index (χ1v) is 4.07. The molecular weight excluding hydrogens is 154 g/mol. The molecule has 1 aliphatic heterocycles. The lowest BCUT2D eigenvalue weighted by molar-refractivity contribution is 0.108. The van der Waals surface area contributed by atoms with Crippen molar-refractivity contribution in [2.75, 3.05) is 12.3 Å². The summed E-state index contributed by atoms with van der Waals surface area (Å²) in [6, 6.07) is 3.63. The Labute approximate surface area is 70.7 Å². The molecule has 1 fully saturated rings. The van der Waals surface area contributed by atoms with Crippen molar-refractivity contribution >= 4 is 5.82 Å². The molecule has 12 heavy (non-hydrogen) atoms. The van der Waals surface area contributed by atoms with E-state index in [0.717, 1.165) is 25.1 Å². The van der Waals surface area contributed by atoms with Crippen LogP contribution in [0.25, 0.3) is 0 Å². The lowest BCUT2D eigenvalue weighted by Crippen LogP contribution is -2.02. The predicted molar refractivity (Wildman–Crippen MR) is 44.4 cm³/mol. The van der Waals surface area contributed by atoms with Gasteiger partial charge >= 0.3 is 0 Å². The van der Waals surface area contributed by atoms with Crippen LogP contribution in [0.3, 0.4) is 0 Å². The Morgan fingerprint density at radius 1 is 1.42 bits per heavy atom. The molecule has 0 spiro atoms. The zero-order valence-corrected chi connectivity index (χ0v) is 6.73. The van der Waals surface area contributed by atoms with Gasteiger partial charge in [-0.25, -0.2) is 0 Å². The summed E-state index contributed by atoms with van der Waals surface area (Å²) < 4.78 is 5.44. The van der Waals surface area contributed by atoms with Gasteiger partial charge in [-0.05, 0) is 25.0 Å². The molecule has 1 aromatic rings. The minimum absolute atomic E-state index is 0.137. The maximum absolute atomic E-state index is 5.44. The number of ether oxygens (including phenoxy) is 1. The quantitative estimate of drug-likeness (QED) is 0.671. The fourth-order valence-corrected chi connectivity index (χ4v) is 1.34. The van der Waals surface area contributed by atoms with Crippen LogP contribution in [0.1, 0.15) is 24.6 Å². The SMILES string of the molecule is Nc1ccc(C2CCCO2)nn1. The van der Waals surface area contributed by atoms with Crippen molar-refractivity contribution in [3.8, 4) is 0 Å². The second-order valence-electron chi connectivity index (χ2n) is 2.88. The topological polar surface area (TPSA) is 61.0 Å². The third-order valence-corrected chi connectivity index (χ3v) is 1.97. The third kappa shape index (κ3) is 1.38. The molecule has 1 saturated heterocycles. The van der Waals surface area contributed by atoms with Gasteiger partial charge in [-0.2, -0.15) is 5.10 Å². The van der Waals surface area contributed by atoms with Crippen molar-refractivity contribution in [1.82, 2.24) is 10.2 Å². The van der Waals surface area contributed by atoms with Crippen LogP contribution in [0.15, 0.2) is 12.1 Å². The van der Waals surface area contributed by atoms with Gasteiger partial charge in [0, 0.05) is 6.61 Å². The van der Waals surface area contributed by atoms with Gasteiger partial charge in [-0.1, -0.05) is 0 Å². The van der Waals surface area contributed by atoms with Gasteiger partial charge in [0.2, 0.25) is 0 Å². The number of anilines is 1. The second kappa shape index (κ2) is 3.06. The maximum atomic E-state index is 5.44. The highest BCUT2D eigenvalue weighted by molar-refractivity contribution is 5.26. The summed E-state index contributed by atoms with van der Waals surface area (Å²) in [6.45, 7) is 0.830. The number of rotatable bonds is 1. The number of nitrogen functional groups attached to an aromatic ring is 1. The Kier molecular flexibility index (Phi) is 1.91. The molecule has 2 heterocycles. The van der Waals surface area contributed by atoms with Crippen LogP contribution in [0.2, 0.25) is 0 Å². The second-order valence-corrected chi connectivity index (χ2v) is 2.88. The van der Waals surface area contributed by atoms with Gasteiger partial charge in [0.15, 0.2) is 0 Å². The van der Waals surface area contributed by atoms with E-state index in [0.29, 0.717) is 5.82 Å². The molecule has 2 N–H and O–H groups in total. The van der Waals surface area contributed by atoms with Gasteiger partial charge in [-0.3, -0.25) is 0 Å². The van der Waals surface area contributed by atoms with Crippen LogP contribution < -0.4 is 5.73 Å². The Morgan fingerprint density at radius 3 is 2.92 bits per heavy atom. The molecular formula is C8H11N3O. The summed E-state index contributed by atoms with van der Waals surface area (Å²) in [7, 11) is 0. The fourth-order valence-electron chi connectivity index (χ4n) is 1.34. The molecule has 4 nitrogen and oxygen atoms in total. The largest absolute Gasteiger partial charge is 0.382 e. The molecule has 0 aliphatic carbocycles. The summed E-state index contributed by atoms with van der Waals surface area (Å²) in [4.78, 5) is 0. The summed E-state index contributed by atoms with van der Waals surface area (Å²) >= 11 is 0. The van der Waals surface area contributed by atoms with Crippen molar-refractivity contribution < 1.29 is 4.74 Å². The first-order valence-electron chi connectivity index (χ1n) is 4.07. The van der Waals surface area contributed by atoms with E-state index in [-0.39, 0.29) is 6.10 Å². The van der Waals surface area contributed by atoms with Crippen molar-refractivity contribution in [3.63, 3.8) is 0 Å². The van der Waals surface area contributed by atoms with E-state index in [4.69, 9.17) is 10.5 Å². The van der Waals surface area contributed by atoms with Gasteiger partial charge in [0.05, 0.1) is 5.69 Å². The molecule has 1 unspecified atom stereocenters. The molecule has 0 radical (unpaired) electrons. The molecule has 4 heteroatoms. The minimum atomic E-state index is 0.137. The van der Waals surface area contributed by atoms with Crippen molar-refractivity contribution in [2.24, 2.45) is 0 Å². The van der Waals surface area contributed by atoms with Crippen LogP contribution >= 0.6 is 0 Å². The first kappa shape index (κ1) is 7.49. The molecule has 0 aromatic carbocycles. The van der Waals surface area contributed by atoms with E-state index in [9.17, 15) is 0 Å². The van der Waals surface area contributed by atoms with Crippen molar-refractivity contribution in [3.05, 3.63) is 17.8 Å². The van der Waals surface area contributed by atoms with Crippen LogP contribution in [0.5, 0.6) is 0 Å². The molecule has 0 saturated carbocycles. The highest BCUT2D eigenvalue weighted by atomic mass is 16.5. The summed E-state index contributed by atoms with van der Waals surface area (Å²) in [5.41, 5.74) is 6.30. The molecule has 2 rings (SSSR count). The van der Waals surface area contributed by atoms with E-state index in [2.05, 4.69) is 10.2 Å². The monoisotopic (exact) mass is 165 g/mol. The van der Waals surface area contributed by atoms with Crippen molar-refractivity contribution in [1.29, 1.82) is 0 Å². The molecule has 0 bridgehead atoms. The van der Waals surface area contributed by atoms with Crippen LogP contribution in [0, 0.1) is 0 Å². The maximum Gasteiger partial charge on any atom is 0.146 e. The molecule has 1 aromatic heterocycles. The van der Waals surface area contributed by atoms with Gasteiger partial charge in [0.25, 0.3) is 0 Å². The molecule has 0 amide bonds. The van der Waals surface area contributed by atoms with Crippen LogP contribution in [-0.4, -0.2) is 16.8 Å². The summed E-state index contributed by atoms with van der Waals surface area (Å²) in [5, 5.41) is 7.73. The normalized spacial score (nSPS) is 22.8. The van der Waals surface area contributed by atoms with E-state index in [1.165, 1.54) is 0 Å². The van der Waals surface area contributed by atoms with Crippen LogP contribution in [0.4, 0.5) is 5.82 Å². The molecule has 64 valence electrons. The lowest BCUT2D eigenvalue weighted by atomic mass is 10.2. The average molecular weight is 165 g/mol. The van der Waals surface area contributed by atoms with Crippen LogP contribution in [-0.2, 0) is 4.74 Å². The van der Waals surface area contributed by atoms with E-state index in [1.54, 1.807) is 6.07 Å². The Morgan fingerprint density at radius 2 is 2.33 bits per heavy atom. The Bertz CT molecular complexity index is 254. The standard InChI is InChI=1S/C8H11N3O/c9-8-4-3-6(10-11-8)7-2-1-5-12-7/h3-4,7H,1-2,5H2,(H2,9,11). The zero-order chi connectivity index (χ0) is 8.39. The Hall–Kier alpha value is -1.16. The van der Waals surface area contributed by atoms with Gasteiger partial charge in [-0.15, -0.1) is 5.10 Å². The number of hydrogen-bond acceptors (Lipinski definition) is 4. The number of nitrogens with two attached hydrogens (primary N) is 1. The highest BCUT2D eigenvalue weighted by Gasteiger charge is 2.18. The smallest absolute Gasteiger partial charge is 0.146 e. The molecule has 1 atom stereocenters. The molecule has 1 aliphatic rings. The minimum Gasteiger partial charge on any atom is -0.382 e. The van der Waals surface area contributed by atoms with E-state index >= 15 is 0 Å². The van der Waals surface area contributed by atoms with Gasteiger partial charge in [0.1, 0.15) is 11.9 Å². The highest BCUT2D eigenvalue weighted by Crippen LogP contribution is 2.26. The van der Waals surface area contributed by atoms with Gasteiger partial charge < -0.3 is 10.5 Å². The fraction of sp³-hybridized carbons (Fsp3) is 0.500. The number of nitrogens with zero attached hydrogens (tertiary/aromatic N) is 2. The third-order valence-electron chi connectivity index (χ3n) is 1.97. The number of hydrogen-bond donors (Lipinski definition) is 1. The number of aromatic nitrogens is 2. The Balaban J connectivity index is 2.17. The van der Waals surface area contributed by atoms with E-state index < -0.39 is 0 Å². The van der Waals surface area contributed by atoms with Crippen molar-refractivity contribution in [2.45, 2.75) is 18.9 Å². The predicted octanol–water partition coefficient (Wildman–Crippen LogP) is 0.910. The lowest BCUT2D eigenvalue weighted by Gasteiger charge is -2.06.